The van der Waals surface area contributed by atoms with Gasteiger partial charge in [-0.3, -0.25) is 4.79 Å². The summed E-state index contributed by atoms with van der Waals surface area (Å²) in [6.45, 7) is 9.38. The number of aryl methyl sites for hydroxylation is 2. The summed E-state index contributed by atoms with van der Waals surface area (Å²) in [5.74, 6) is 0.749. The Morgan fingerprint density at radius 2 is 1.95 bits per heavy atom. The van der Waals surface area contributed by atoms with Gasteiger partial charge in [-0.25, -0.2) is 0 Å². The van der Waals surface area contributed by atoms with E-state index in [1.165, 1.54) is 43.2 Å². The summed E-state index contributed by atoms with van der Waals surface area (Å²) in [5, 5.41) is 0. The molecule has 0 aromatic heterocycles. The fourth-order valence-corrected chi connectivity index (χ4v) is 5.10. The molecule has 1 saturated carbocycles. The molecule has 0 saturated heterocycles. The van der Waals surface area contributed by atoms with E-state index in [-0.39, 0.29) is 5.41 Å². The molecule has 0 unspecified atom stereocenters. The molecule has 2 aliphatic rings. The van der Waals surface area contributed by atoms with Crippen LogP contribution < -0.4 is 0 Å². The van der Waals surface area contributed by atoms with Crippen molar-refractivity contribution in [1.29, 1.82) is 0 Å². The Balaban J connectivity index is 2.16. The van der Waals surface area contributed by atoms with Gasteiger partial charge in [0.2, 0.25) is 0 Å². The first-order valence-electron chi connectivity index (χ1n) is 7.98. The van der Waals surface area contributed by atoms with Crippen LogP contribution in [0.15, 0.2) is 12.1 Å². The van der Waals surface area contributed by atoms with Gasteiger partial charge in [0.05, 0.1) is 0 Å². The third kappa shape index (κ3) is 1.86. The van der Waals surface area contributed by atoms with Gasteiger partial charge < -0.3 is 0 Å². The zero-order valence-corrected chi connectivity index (χ0v) is 13.3. The maximum Gasteiger partial charge on any atom is 0.150 e. The van der Waals surface area contributed by atoms with Crippen molar-refractivity contribution < 1.29 is 4.79 Å². The molecule has 1 aromatic carbocycles. The number of rotatable bonds is 1. The van der Waals surface area contributed by atoms with Gasteiger partial charge in [0, 0.05) is 5.56 Å². The average Bonchev–Trinajstić information content (AvgIpc) is 2.37. The lowest BCUT2D eigenvalue weighted by molar-refractivity contribution is 0.0407. The molecule has 2 aliphatic carbocycles. The van der Waals surface area contributed by atoms with Crippen LogP contribution >= 0.6 is 0 Å². The number of benzene rings is 1. The van der Waals surface area contributed by atoms with Crippen molar-refractivity contribution in [1.82, 2.24) is 0 Å². The van der Waals surface area contributed by atoms with Crippen LogP contribution in [0.5, 0.6) is 0 Å². The fraction of sp³-hybridized carbons (Fsp3) is 0.632. The van der Waals surface area contributed by atoms with E-state index in [0.717, 1.165) is 23.3 Å². The summed E-state index contributed by atoms with van der Waals surface area (Å²) in [6, 6.07) is 4.47. The summed E-state index contributed by atoms with van der Waals surface area (Å²) >= 11 is 0. The Morgan fingerprint density at radius 1 is 1.20 bits per heavy atom. The van der Waals surface area contributed by atoms with Crippen LogP contribution in [0.4, 0.5) is 0 Å². The maximum absolute atomic E-state index is 11.3. The molecule has 1 aromatic rings. The standard InChI is InChI=1S/C19H26O/c1-13-10-14-6-7-17-18(2,3)8-5-9-19(17,4)16(14)11-15(13)12-20/h10-12,17H,5-9H2,1-4H3/t17-,19+/m0/s1. The highest BCUT2D eigenvalue weighted by Crippen LogP contribution is 2.57. The van der Waals surface area contributed by atoms with E-state index in [9.17, 15) is 4.79 Å². The van der Waals surface area contributed by atoms with E-state index in [1.807, 2.05) is 0 Å². The number of hydrogen-bond acceptors (Lipinski definition) is 1. The van der Waals surface area contributed by atoms with E-state index in [0.29, 0.717) is 5.41 Å². The van der Waals surface area contributed by atoms with Gasteiger partial charge in [-0.15, -0.1) is 0 Å². The largest absolute Gasteiger partial charge is 0.298 e. The van der Waals surface area contributed by atoms with Crippen LogP contribution in [0.25, 0.3) is 0 Å². The van der Waals surface area contributed by atoms with Crippen molar-refractivity contribution in [2.45, 2.75) is 65.2 Å². The molecule has 0 N–H and O–H groups in total. The molecular weight excluding hydrogens is 244 g/mol. The first-order chi connectivity index (χ1) is 9.38. The quantitative estimate of drug-likeness (QED) is 0.667. The van der Waals surface area contributed by atoms with E-state index in [1.54, 1.807) is 0 Å². The highest BCUT2D eigenvalue weighted by atomic mass is 16.1. The third-order valence-electron chi connectivity index (χ3n) is 6.17. The number of carbonyl (C=O) groups excluding carboxylic acids is 1. The Morgan fingerprint density at radius 3 is 2.65 bits per heavy atom. The highest BCUT2D eigenvalue weighted by Gasteiger charge is 2.49. The monoisotopic (exact) mass is 270 g/mol. The lowest BCUT2D eigenvalue weighted by Crippen LogP contribution is -2.47. The minimum Gasteiger partial charge on any atom is -0.298 e. The SMILES string of the molecule is Cc1cc2c(cc1C=O)[C@@]1(C)CCCC(C)(C)[C@@H]1CC2. The topological polar surface area (TPSA) is 17.1 Å². The summed E-state index contributed by atoms with van der Waals surface area (Å²) in [5.41, 5.74) is 5.67. The van der Waals surface area contributed by atoms with Crippen molar-refractivity contribution in [3.63, 3.8) is 0 Å². The van der Waals surface area contributed by atoms with Crippen LogP contribution in [0.3, 0.4) is 0 Å². The molecule has 1 heteroatoms. The van der Waals surface area contributed by atoms with Crippen molar-refractivity contribution in [3.05, 3.63) is 34.4 Å². The highest BCUT2D eigenvalue weighted by molar-refractivity contribution is 5.78. The van der Waals surface area contributed by atoms with Crippen molar-refractivity contribution >= 4 is 6.29 Å². The Labute approximate surface area is 122 Å². The number of hydrogen-bond donors (Lipinski definition) is 0. The summed E-state index contributed by atoms with van der Waals surface area (Å²) < 4.78 is 0. The average molecular weight is 270 g/mol. The normalized spacial score (nSPS) is 31.3. The summed E-state index contributed by atoms with van der Waals surface area (Å²) in [7, 11) is 0. The zero-order valence-electron chi connectivity index (χ0n) is 13.3. The lowest BCUT2D eigenvalue weighted by atomic mass is 9.50. The van der Waals surface area contributed by atoms with Crippen LogP contribution in [0.1, 0.15) is 73.5 Å². The first-order valence-corrected chi connectivity index (χ1v) is 7.98. The molecule has 0 heterocycles. The van der Waals surface area contributed by atoms with E-state index >= 15 is 0 Å². The fourth-order valence-electron chi connectivity index (χ4n) is 5.10. The van der Waals surface area contributed by atoms with Crippen LogP contribution in [0.2, 0.25) is 0 Å². The predicted octanol–water partition coefficient (Wildman–Crippen LogP) is 4.84. The molecule has 0 amide bonds. The van der Waals surface area contributed by atoms with Crippen molar-refractivity contribution in [2.75, 3.05) is 0 Å². The van der Waals surface area contributed by atoms with Gasteiger partial charge in [-0.05, 0) is 72.1 Å². The lowest BCUT2D eigenvalue weighted by Gasteiger charge is -2.54. The smallest absolute Gasteiger partial charge is 0.150 e. The molecule has 108 valence electrons. The molecule has 0 bridgehead atoms. The second kappa shape index (κ2) is 4.44. The van der Waals surface area contributed by atoms with Crippen LogP contribution in [0, 0.1) is 18.3 Å². The minimum atomic E-state index is 0.265. The van der Waals surface area contributed by atoms with E-state index in [4.69, 9.17) is 0 Å². The third-order valence-corrected chi connectivity index (χ3v) is 6.17. The van der Waals surface area contributed by atoms with E-state index in [2.05, 4.69) is 39.8 Å². The van der Waals surface area contributed by atoms with Gasteiger partial charge in [0.1, 0.15) is 6.29 Å². The Kier molecular flexibility index (Phi) is 3.08. The molecule has 3 rings (SSSR count). The second-order valence-corrected chi connectivity index (χ2v) is 7.83. The zero-order chi connectivity index (χ0) is 14.5. The van der Waals surface area contributed by atoms with Gasteiger partial charge >= 0.3 is 0 Å². The van der Waals surface area contributed by atoms with Gasteiger partial charge in [0.25, 0.3) is 0 Å². The van der Waals surface area contributed by atoms with Crippen molar-refractivity contribution in [3.8, 4) is 0 Å². The molecular formula is C19H26O. The summed E-state index contributed by atoms with van der Waals surface area (Å²) in [6.07, 6.45) is 7.43. The minimum absolute atomic E-state index is 0.265. The Hall–Kier alpha value is -1.11. The molecule has 1 nitrogen and oxygen atoms in total. The number of carbonyl (C=O) groups is 1. The first kappa shape index (κ1) is 13.9. The molecule has 1 fully saturated rings. The van der Waals surface area contributed by atoms with Gasteiger partial charge in [-0.1, -0.05) is 33.3 Å². The van der Waals surface area contributed by atoms with Gasteiger partial charge in [-0.2, -0.15) is 0 Å². The predicted molar refractivity (Wildman–Crippen MR) is 83.4 cm³/mol. The Bertz CT molecular complexity index is 555. The molecule has 0 aliphatic heterocycles. The molecule has 0 radical (unpaired) electrons. The number of fused-ring (bicyclic) bond motifs is 3. The second-order valence-electron chi connectivity index (χ2n) is 7.83. The van der Waals surface area contributed by atoms with Crippen LogP contribution in [-0.4, -0.2) is 6.29 Å². The maximum atomic E-state index is 11.3. The van der Waals surface area contributed by atoms with Gasteiger partial charge in [0.15, 0.2) is 0 Å². The number of aldehydes is 1. The van der Waals surface area contributed by atoms with E-state index < -0.39 is 0 Å². The molecule has 2 atom stereocenters. The van der Waals surface area contributed by atoms with Crippen LogP contribution in [-0.2, 0) is 11.8 Å². The summed E-state index contributed by atoms with van der Waals surface area (Å²) in [4.78, 5) is 11.3. The molecule has 20 heavy (non-hydrogen) atoms. The molecule has 0 spiro atoms. The van der Waals surface area contributed by atoms with Crippen molar-refractivity contribution in [2.24, 2.45) is 11.3 Å².